The highest BCUT2D eigenvalue weighted by molar-refractivity contribution is 6.03. The molecule has 7 heteroatoms. The molecule has 1 amide bonds. The summed E-state index contributed by atoms with van der Waals surface area (Å²) >= 11 is 0. The third kappa shape index (κ3) is 2.20. The van der Waals surface area contributed by atoms with Crippen molar-refractivity contribution in [1.82, 2.24) is 9.88 Å². The van der Waals surface area contributed by atoms with Gasteiger partial charge in [0.15, 0.2) is 5.58 Å². The van der Waals surface area contributed by atoms with Crippen molar-refractivity contribution in [2.75, 3.05) is 38.1 Å². The summed E-state index contributed by atoms with van der Waals surface area (Å²) in [4.78, 5) is 19.8. The first-order valence-electron chi connectivity index (χ1n) is 6.38. The minimum absolute atomic E-state index is 0.0212. The summed E-state index contributed by atoms with van der Waals surface area (Å²) in [6, 6.07) is 2.72. The van der Waals surface area contributed by atoms with Gasteiger partial charge in [0.05, 0.1) is 5.56 Å². The minimum atomic E-state index is -0.726. The van der Waals surface area contributed by atoms with Crippen LogP contribution in [0.25, 0.3) is 11.1 Å². The molecule has 1 aromatic carbocycles. The smallest absolute Gasteiger partial charge is 0.298 e. The van der Waals surface area contributed by atoms with Gasteiger partial charge in [-0.05, 0) is 13.1 Å². The number of piperazine rings is 1. The molecule has 106 valence electrons. The van der Waals surface area contributed by atoms with Gasteiger partial charge in [0.1, 0.15) is 11.3 Å². The Morgan fingerprint density at radius 1 is 1.35 bits per heavy atom. The Hall–Kier alpha value is -2.15. The fraction of sp³-hybridized carbons (Fsp3) is 0.385. The molecule has 2 N–H and O–H groups in total. The molecule has 1 aliphatic rings. The van der Waals surface area contributed by atoms with E-state index >= 15 is 0 Å². The standard InChI is InChI=1S/C13H15FN4O2/c1-17-2-4-18(5-3-17)13-16-10-7-8(14)6-9(12(15)19)11(10)20-13/h6-7H,2-5H2,1H3,(H2,15,19). The third-order valence-corrected chi connectivity index (χ3v) is 3.48. The number of halogens is 1. The van der Waals surface area contributed by atoms with Gasteiger partial charge in [-0.2, -0.15) is 4.98 Å². The number of primary amides is 1. The fourth-order valence-corrected chi connectivity index (χ4v) is 2.30. The van der Waals surface area contributed by atoms with Crippen molar-refractivity contribution in [2.45, 2.75) is 0 Å². The molecule has 0 bridgehead atoms. The second kappa shape index (κ2) is 4.75. The van der Waals surface area contributed by atoms with E-state index in [-0.39, 0.29) is 11.1 Å². The Morgan fingerprint density at radius 3 is 2.70 bits per heavy atom. The maximum absolute atomic E-state index is 13.5. The quantitative estimate of drug-likeness (QED) is 0.880. The maximum Gasteiger partial charge on any atom is 0.298 e. The zero-order chi connectivity index (χ0) is 14.3. The Kier molecular flexibility index (Phi) is 3.06. The van der Waals surface area contributed by atoms with Crippen LogP contribution in [0.5, 0.6) is 0 Å². The number of aromatic nitrogens is 1. The monoisotopic (exact) mass is 278 g/mol. The Bertz CT molecular complexity index is 662. The average molecular weight is 278 g/mol. The molecule has 1 saturated heterocycles. The van der Waals surface area contributed by atoms with E-state index in [4.69, 9.17) is 10.2 Å². The van der Waals surface area contributed by atoms with Crippen molar-refractivity contribution < 1.29 is 13.6 Å². The molecular weight excluding hydrogens is 263 g/mol. The van der Waals surface area contributed by atoms with Crippen LogP contribution >= 0.6 is 0 Å². The predicted octanol–water partition coefficient (Wildman–Crippen LogP) is 0.818. The van der Waals surface area contributed by atoms with Crippen molar-refractivity contribution in [3.63, 3.8) is 0 Å². The van der Waals surface area contributed by atoms with Crippen LogP contribution in [0.1, 0.15) is 10.4 Å². The summed E-state index contributed by atoms with van der Waals surface area (Å²) in [7, 11) is 2.05. The first kappa shape index (κ1) is 12.9. The second-order valence-electron chi connectivity index (χ2n) is 4.95. The van der Waals surface area contributed by atoms with Gasteiger partial charge in [-0.25, -0.2) is 4.39 Å². The number of carbonyl (C=O) groups is 1. The van der Waals surface area contributed by atoms with Crippen LogP contribution in [-0.2, 0) is 0 Å². The molecule has 2 aromatic rings. The number of oxazole rings is 1. The Morgan fingerprint density at radius 2 is 2.05 bits per heavy atom. The molecule has 1 aliphatic heterocycles. The highest BCUT2D eigenvalue weighted by atomic mass is 19.1. The van der Waals surface area contributed by atoms with Gasteiger partial charge >= 0.3 is 0 Å². The molecule has 0 aliphatic carbocycles. The molecule has 20 heavy (non-hydrogen) atoms. The SMILES string of the molecule is CN1CCN(c2nc3cc(F)cc(C(N)=O)c3o2)CC1. The zero-order valence-corrected chi connectivity index (χ0v) is 11.1. The summed E-state index contributed by atoms with van der Waals surface area (Å²) in [6.45, 7) is 3.35. The molecule has 0 atom stereocenters. The normalized spacial score (nSPS) is 16.8. The predicted molar refractivity (Wildman–Crippen MR) is 72.2 cm³/mol. The molecule has 0 unspecified atom stereocenters. The zero-order valence-electron chi connectivity index (χ0n) is 11.1. The lowest BCUT2D eigenvalue weighted by Gasteiger charge is -2.31. The number of nitrogens with two attached hydrogens (primary N) is 1. The van der Waals surface area contributed by atoms with E-state index in [2.05, 4.69) is 9.88 Å². The first-order valence-corrected chi connectivity index (χ1v) is 6.38. The number of anilines is 1. The number of benzene rings is 1. The molecule has 0 saturated carbocycles. The van der Waals surface area contributed by atoms with Gasteiger partial charge in [-0.1, -0.05) is 0 Å². The van der Waals surface area contributed by atoms with Crippen LogP contribution in [0, 0.1) is 5.82 Å². The Labute approximate surface area is 114 Å². The van der Waals surface area contributed by atoms with Crippen LogP contribution in [-0.4, -0.2) is 49.0 Å². The molecule has 1 aromatic heterocycles. The third-order valence-electron chi connectivity index (χ3n) is 3.48. The van der Waals surface area contributed by atoms with Crippen molar-refractivity contribution >= 4 is 23.0 Å². The lowest BCUT2D eigenvalue weighted by Crippen LogP contribution is -2.44. The van der Waals surface area contributed by atoms with Gasteiger partial charge in [0.2, 0.25) is 0 Å². The van der Waals surface area contributed by atoms with E-state index < -0.39 is 11.7 Å². The van der Waals surface area contributed by atoms with Crippen LogP contribution < -0.4 is 10.6 Å². The average Bonchev–Trinajstić information content (AvgIpc) is 2.81. The van der Waals surface area contributed by atoms with Crippen LogP contribution in [0.2, 0.25) is 0 Å². The molecule has 2 heterocycles. The summed E-state index contributed by atoms with van der Waals surface area (Å²) in [5, 5.41) is 0. The van der Waals surface area contributed by atoms with Crippen molar-refractivity contribution in [2.24, 2.45) is 5.73 Å². The molecular formula is C13H15FN4O2. The lowest BCUT2D eigenvalue weighted by atomic mass is 10.2. The number of fused-ring (bicyclic) bond motifs is 1. The van der Waals surface area contributed by atoms with Crippen LogP contribution in [0.4, 0.5) is 10.4 Å². The molecule has 6 nitrogen and oxygen atoms in total. The second-order valence-corrected chi connectivity index (χ2v) is 4.95. The van der Waals surface area contributed by atoms with Gasteiger partial charge in [0, 0.05) is 32.2 Å². The van der Waals surface area contributed by atoms with E-state index in [0.717, 1.165) is 32.2 Å². The van der Waals surface area contributed by atoms with Gasteiger partial charge in [-0.15, -0.1) is 0 Å². The molecule has 3 rings (SSSR count). The number of hydrogen-bond donors (Lipinski definition) is 1. The molecule has 0 radical (unpaired) electrons. The summed E-state index contributed by atoms with van der Waals surface area (Å²) in [5.74, 6) is -1.28. The van der Waals surface area contributed by atoms with Crippen molar-refractivity contribution in [3.8, 4) is 0 Å². The number of carbonyl (C=O) groups excluding carboxylic acids is 1. The van der Waals surface area contributed by atoms with E-state index in [1.165, 1.54) is 6.07 Å². The van der Waals surface area contributed by atoms with E-state index in [1.807, 2.05) is 11.9 Å². The minimum Gasteiger partial charge on any atom is -0.423 e. The largest absolute Gasteiger partial charge is 0.423 e. The van der Waals surface area contributed by atoms with Gasteiger partial charge in [-0.3, -0.25) is 4.79 Å². The highest BCUT2D eigenvalue weighted by Crippen LogP contribution is 2.26. The van der Waals surface area contributed by atoms with E-state index in [9.17, 15) is 9.18 Å². The number of rotatable bonds is 2. The number of likely N-dealkylation sites (N-methyl/N-ethyl adjacent to an activating group) is 1. The fourth-order valence-electron chi connectivity index (χ4n) is 2.30. The number of hydrogen-bond acceptors (Lipinski definition) is 5. The first-order chi connectivity index (χ1) is 9.54. The molecule has 0 spiro atoms. The van der Waals surface area contributed by atoms with Crippen molar-refractivity contribution in [1.29, 1.82) is 0 Å². The maximum atomic E-state index is 13.5. The number of nitrogens with zero attached hydrogens (tertiary/aromatic N) is 3. The highest BCUT2D eigenvalue weighted by Gasteiger charge is 2.21. The van der Waals surface area contributed by atoms with E-state index in [0.29, 0.717) is 11.5 Å². The van der Waals surface area contributed by atoms with Crippen LogP contribution in [0.3, 0.4) is 0 Å². The lowest BCUT2D eigenvalue weighted by molar-refractivity contribution is 0.100. The van der Waals surface area contributed by atoms with Gasteiger partial charge < -0.3 is 20.0 Å². The summed E-state index contributed by atoms with van der Waals surface area (Å²) in [6.07, 6.45) is 0. The van der Waals surface area contributed by atoms with Crippen LogP contribution in [0.15, 0.2) is 16.5 Å². The molecule has 1 fully saturated rings. The van der Waals surface area contributed by atoms with Gasteiger partial charge in [0.25, 0.3) is 11.9 Å². The Balaban J connectivity index is 2.02. The summed E-state index contributed by atoms with van der Waals surface area (Å²) < 4.78 is 19.1. The van der Waals surface area contributed by atoms with Crippen molar-refractivity contribution in [3.05, 3.63) is 23.5 Å². The number of amides is 1. The topological polar surface area (TPSA) is 75.6 Å². The van der Waals surface area contributed by atoms with E-state index in [1.54, 1.807) is 0 Å². The summed E-state index contributed by atoms with van der Waals surface area (Å²) in [5.41, 5.74) is 5.82.